The first-order valence-corrected chi connectivity index (χ1v) is 8.61. The van der Waals surface area contributed by atoms with Crippen molar-refractivity contribution in [1.82, 2.24) is 4.90 Å². The minimum atomic E-state index is -3.53. The van der Waals surface area contributed by atoms with Gasteiger partial charge in [0.2, 0.25) is 5.91 Å². The first-order valence-electron chi connectivity index (χ1n) is 6.96. The minimum absolute atomic E-state index is 0.224. The van der Waals surface area contributed by atoms with Gasteiger partial charge in [-0.25, -0.2) is 8.42 Å². The molecule has 2 rings (SSSR count). The van der Waals surface area contributed by atoms with Crippen LogP contribution in [-0.4, -0.2) is 38.1 Å². The lowest BCUT2D eigenvalue weighted by Gasteiger charge is -2.30. The van der Waals surface area contributed by atoms with Gasteiger partial charge < -0.3 is 4.90 Å². The Bertz CT molecular complexity index is 570. The zero-order valence-electron chi connectivity index (χ0n) is 12.0. The number of aryl methyl sites for hydroxylation is 1. The summed E-state index contributed by atoms with van der Waals surface area (Å²) in [5.41, 5.74) is 1.00. The molecule has 1 aromatic carbocycles. The normalized spacial score (nSPS) is 17.2. The fraction of sp³-hybridized carbons (Fsp3) is 0.533. The third-order valence-electron chi connectivity index (χ3n) is 3.83. The third-order valence-corrected chi connectivity index (χ3v) is 5.45. The van der Waals surface area contributed by atoms with Crippen molar-refractivity contribution >= 4 is 15.7 Å². The van der Waals surface area contributed by atoms with E-state index in [0.29, 0.717) is 19.0 Å². The van der Waals surface area contributed by atoms with E-state index in [-0.39, 0.29) is 10.8 Å². The second-order valence-corrected chi connectivity index (χ2v) is 7.63. The number of carbonyl (C=O) groups is 1. The molecule has 20 heavy (non-hydrogen) atoms. The zero-order valence-corrected chi connectivity index (χ0v) is 12.8. The van der Waals surface area contributed by atoms with Gasteiger partial charge in [0.25, 0.3) is 0 Å². The van der Waals surface area contributed by atoms with Gasteiger partial charge in [-0.3, -0.25) is 4.79 Å². The maximum atomic E-state index is 12.2. The van der Waals surface area contributed by atoms with Crippen LogP contribution in [0.5, 0.6) is 0 Å². The van der Waals surface area contributed by atoms with Gasteiger partial charge in [0.1, 0.15) is 5.75 Å². The summed E-state index contributed by atoms with van der Waals surface area (Å²) in [6.07, 6.45) is 1.91. The van der Waals surface area contributed by atoms with E-state index in [0.717, 1.165) is 18.4 Å². The Morgan fingerprint density at radius 2 is 1.75 bits per heavy atom. The van der Waals surface area contributed by atoms with Crippen LogP contribution < -0.4 is 0 Å². The Balaban J connectivity index is 2.04. The summed E-state index contributed by atoms with van der Waals surface area (Å²) < 4.78 is 24.4. The quantitative estimate of drug-likeness (QED) is 0.857. The molecule has 0 spiro atoms. The summed E-state index contributed by atoms with van der Waals surface area (Å²) in [4.78, 5) is 14.0. The van der Waals surface area contributed by atoms with E-state index in [1.807, 2.05) is 6.92 Å². The van der Waals surface area contributed by atoms with Gasteiger partial charge in [0.15, 0.2) is 9.84 Å². The number of nitrogens with zero attached hydrogens (tertiary/aromatic N) is 1. The van der Waals surface area contributed by atoms with Crippen molar-refractivity contribution in [3.8, 4) is 0 Å². The summed E-state index contributed by atoms with van der Waals surface area (Å²) in [5.74, 6) is -0.0880. The molecule has 5 heteroatoms. The number of rotatable bonds is 3. The van der Waals surface area contributed by atoms with Crippen LogP contribution in [0.25, 0.3) is 0 Å². The summed E-state index contributed by atoms with van der Waals surface area (Å²) >= 11 is 0. The second kappa shape index (κ2) is 5.95. The topological polar surface area (TPSA) is 54.5 Å². The van der Waals surface area contributed by atoms with Crippen molar-refractivity contribution in [3.63, 3.8) is 0 Å². The molecule has 1 aliphatic heterocycles. The fourth-order valence-corrected chi connectivity index (χ4v) is 3.57. The fourth-order valence-electron chi connectivity index (χ4n) is 2.34. The van der Waals surface area contributed by atoms with Gasteiger partial charge in [0.05, 0.1) is 4.90 Å². The largest absolute Gasteiger partial charge is 0.342 e. The average Bonchev–Trinajstić information content (AvgIpc) is 2.39. The van der Waals surface area contributed by atoms with Gasteiger partial charge in [-0.15, -0.1) is 0 Å². The van der Waals surface area contributed by atoms with Gasteiger partial charge in [-0.2, -0.15) is 0 Å². The lowest BCUT2D eigenvalue weighted by molar-refractivity contribution is -0.129. The summed E-state index contributed by atoms with van der Waals surface area (Å²) in [7, 11) is -3.53. The van der Waals surface area contributed by atoms with Crippen LogP contribution >= 0.6 is 0 Å². The summed E-state index contributed by atoms with van der Waals surface area (Å²) in [6, 6.07) is 6.63. The zero-order chi connectivity index (χ0) is 14.8. The van der Waals surface area contributed by atoms with Crippen LogP contribution in [0.4, 0.5) is 0 Å². The van der Waals surface area contributed by atoms with E-state index in [2.05, 4.69) is 6.92 Å². The molecule has 0 aliphatic carbocycles. The Hall–Kier alpha value is -1.36. The van der Waals surface area contributed by atoms with Crippen LogP contribution in [0.1, 0.15) is 25.3 Å². The number of amides is 1. The Kier molecular flexibility index (Phi) is 4.48. The molecule has 0 radical (unpaired) electrons. The molecule has 0 aromatic heterocycles. The van der Waals surface area contributed by atoms with E-state index < -0.39 is 15.6 Å². The van der Waals surface area contributed by atoms with E-state index in [1.165, 1.54) is 0 Å². The van der Waals surface area contributed by atoms with Gasteiger partial charge in [0, 0.05) is 13.1 Å². The van der Waals surface area contributed by atoms with Crippen LogP contribution in [0.3, 0.4) is 0 Å². The smallest absolute Gasteiger partial charge is 0.238 e. The average molecular weight is 295 g/mol. The summed E-state index contributed by atoms with van der Waals surface area (Å²) in [6.45, 7) is 5.40. The Labute approximate surface area is 120 Å². The first kappa shape index (κ1) is 15.0. The van der Waals surface area contributed by atoms with E-state index in [9.17, 15) is 13.2 Å². The highest BCUT2D eigenvalue weighted by molar-refractivity contribution is 7.92. The SMILES string of the molecule is Cc1ccc(S(=O)(=O)CC(=O)N2CCC(C)CC2)cc1. The molecule has 1 aromatic rings. The predicted octanol–water partition coefficient (Wildman–Crippen LogP) is 2.03. The Morgan fingerprint density at radius 1 is 1.20 bits per heavy atom. The molecule has 0 N–H and O–H groups in total. The van der Waals surface area contributed by atoms with E-state index >= 15 is 0 Å². The van der Waals surface area contributed by atoms with Crippen molar-refractivity contribution in [2.24, 2.45) is 5.92 Å². The molecule has 1 amide bonds. The van der Waals surface area contributed by atoms with Crippen molar-refractivity contribution < 1.29 is 13.2 Å². The lowest BCUT2D eigenvalue weighted by atomic mass is 9.99. The molecule has 1 heterocycles. The van der Waals surface area contributed by atoms with Crippen LogP contribution in [-0.2, 0) is 14.6 Å². The van der Waals surface area contributed by atoms with Crippen LogP contribution in [0.15, 0.2) is 29.2 Å². The minimum Gasteiger partial charge on any atom is -0.342 e. The number of piperidine rings is 1. The molecule has 4 nitrogen and oxygen atoms in total. The number of hydrogen-bond acceptors (Lipinski definition) is 3. The van der Waals surface area contributed by atoms with Crippen LogP contribution in [0.2, 0.25) is 0 Å². The van der Waals surface area contributed by atoms with Gasteiger partial charge in [-0.1, -0.05) is 24.6 Å². The number of likely N-dealkylation sites (tertiary alicyclic amines) is 1. The molecule has 0 unspecified atom stereocenters. The van der Waals surface area contributed by atoms with Crippen molar-refractivity contribution in [2.75, 3.05) is 18.8 Å². The van der Waals surface area contributed by atoms with E-state index in [1.54, 1.807) is 29.2 Å². The maximum Gasteiger partial charge on any atom is 0.238 e. The molecule has 0 atom stereocenters. The Morgan fingerprint density at radius 3 is 2.30 bits per heavy atom. The standard InChI is InChI=1S/C15H21NO3S/c1-12-3-5-14(6-4-12)20(18,19)11-15(17)16-9-7-13(2)8-10-16/h3-6,13H,7-11H2,1-2H3. The number of carbonyl (C=O) groups excluding carboxylic acids is 1. The number of benzene rings is 1. The monoisotopic (exact) mass is 295 g/mol. The predicted molar refractivity (Wildman–Crippen MR) is 78.2 cm³/mol. The van der Waals surface area contributed by atoms with Crippen LogP contribution in [0, 0.1) is 12.8 Å². The van der Waals surface area contributed by atoms with Gasteiger partial charge >= 0.3 is 0 Å². The van der Waals surface area contributed by atoms with Gasteiger partial charge in [-0.05, 0) is 37.8 Å². The molecule has 0 saturated carbocycles. The first-order chi connectivity index (χ1) is 9.38. The number of hydrogen-bond donors (Lipinski definition) is 0. The molecule has 1 fully saturated rings. The highest BCUT2D eigenvalue weighted by atomic mass is 32.2. The van der Waals surface area contributed by atoms with Crippen molar-refractivity contribution in [3.05, 3.63) is 29.8 Å². The maximum absolute atomic E-state index is 12.2. The highest BCUT2D eigenvalue weighted by Gasteiger charge is 2.25. The molecular weight excluding hydrogens is 274 g/mol. The van der Waals surface area contributed by atoms with Crippen molar-refractivity contribution in [2.45, 2.75) is 31.6 Å². The lowest BCUT2D eigenvalue weighted by Crippen LogP contribution is -2.41. The molecular formula is C15H21NO3S. The third kappa shape index (κ3) is 3.60. The molecule has 1 aliphatic rings. The highest BCUT2D eigenvalue weighted by Crippen LogP contribution is 2.18. The second-order valence-electron chi connectivity index (χ2n) is 5.64. The number of sulfone groups is 1. The molecule has 1 saturated heterocycles. The van der Waals surface area contributed by atoms with Crippen molar-refractivity contribution in [1.29, 1.82) is 0 Å². The summed E-state index contributed by atoms with van der Waals surface area (Å²) in [5, 5.41) is 0. The molecule has 110 valence electrons. The van der Waals surface area contributed by atoms with E-state index in [4.69, 9.17) is 0 Å². The molecule has 0 bridgehead atoms.